The lowest BCUT2D eigenvalue weighted by atomic mass is 9.82. The Morgan fingerprint density at radius 3 is 1.32 bits per heavy atom. The third kappa shape index (κ3) is 6.98. The molecule has 0 N–H and O–H groups in total. The van der Waals surface area contributed by atoms with E-state index in [9.17, 15) is 0 Å². The Hall–Kier alpha value is -8.93. The molecule has 0 atom stereocenters. The molecule has 0 aliphatic heterocycles. The predicted molar refractivity (Wildman–Crippen MR) is 285 cm³/mol. The van der Waals surface area contributed by atoms with E-state index in [1.54, 1.807) is 0 Å². The zero-order valence-electron chi connectivity index (χ0n) is 38.2. The van der Waals surface area contributed by atoms with Crippen molar-refractivity contribution in [1.82, 2.24) is 4.98 Å². The second-order valence-electron chi connectivity index (χ2n) is 18.4. The van der Waals surface area contributed by atoms with Gasteiger partial charge >= 0.3 is 0 Å². The first-order valence-corrected chi connectivity index (χ1v) is 23.5. The standard InChI is InChI=1S/C64H45N3O2/c1-64(2)57-40-51(66(47-27-21-44(22-28-47)42-13-5-3-6-14-42)48-29-23-45(24-30-48)43-15-7-4-8-16-43)33-36-53(57)54-37-34-52(41-58(54)64)67(50-35-38-61-56(39-50)55-17-9-11-19-60(55)68-61)49-31-25-46(26-32-49)63-65-59-18-10-12-20-62(59)69-63/h3-41H,1-2H3. The zero-order valence-corrected chi connectivity index (χ0v) is 38.2. The van der Waals surface area contributed by atoms with Gasteiger partial charge in [0.25, 0.3) is 0 Å². The molecule has 1 aliphatic carbocycles. The van der Waals surface area contributed by atoms with Crippen LogP contribution in [0.1, 0.15) is 25.0 Å². The molecule has 0 bridgehead atoms. The van der Waals surface area contributed by atoms with Crippen molar-refractivity contribution in [1.29, 1.82) is 0 Å². The highest BCUT2D eigenvalue weighted by molar-refractivity contribution is 6.06. The summed E-state index contributed by atoms with van der Waals surface area (Å²) in [4.78, 5) is 9.53. The third-order valence-corrected chi connectivity index (χ3v) is 13.9. The maximum atomic E-state index is 6.30. The van der Waals surface area contributed by atoms with Crippen LogP contribution in [0.3, 0.4) is 0 Å². The van der Waals surface area contributed by atoms with Crippen LogP contribution in [-0.2, 0) is 5.41 Å². The van der Waals surface area contributed by atoms with Gasteiger partial charge in [-0.25, -0.2) is 4.98 Å². The van der Waals surface area contributed by atoms with Gasteiger partial charge in [0.05, 0.1) is 0 Å². The summed E-state index contributed by atoms with van der Waals surface area (Å²) in [7, 11) is 0. The number of benzene rings is 10. The Labute approximate surface area is 400 Å². The molecule has 2 heterocycles. The number of aromatic nitrogens is 1. The molecule has 0 fully saturated rings. The number of oxazole rings is 1. The molecule has 5 nitrogen and oxygen atoms in total. The minimum absolute atomic E-state index is 0.316. The lowest BCUT2D eigenvalue weighted by Crippen LogP contribution is -2.17. The van der Waals surface area contributed by atoms with Gasteiger partial charge in [0, 0.05) is 55.9 Å². The van der Waals surface area contributed by atoms with Gasteiger partial charge in [-0.05, 0) is 154 Å². The van der Waals surface area contributed by atoms with E-state index in [4.69, 9.17) is 13.8 Å². The molecule has 0 amide bonds. The zero-order chi connectivity index (χ0) is 46.1. The average Bonchev–Trinajstić information content (AvgIpc) is 4.08. The Kier molecular flexibility index (Phi) is 9.44. The van der Waals surface area contributed by atoms with Crippen LogP contribution in [0.15, 0.2) is 245 Å². The second kappa shape index (κ2) is 16.1. The maximum absolute atomic E-state index is 6.30. The predicted octanol–water partition coefficient (Wildman–Crippen LogP) is 18.0. The fourth-order valence-electron chi connectivity index (χ4n) is 10.4. The largest absolute Gasteiger partial charge is 0.456 e. The first kappa shape index (κ1) is 40.4. The minimum atomic E-state index is -0.316. The fraction of sp³-hybridized carbons (Fsp3) is 0.0469. The molecular formula is C64H45N3O2. The number of nitrogens with zero attached hydrogens (tertiary/aromatic N) is 3. The van der Waals surface area contributed by atoms with E-state index in [1.165, 1.54) is 44.5 Å². The Bertz CT molecular complexity index is 3740. The number of furan rings is 1. The maximum Gasteiger partial charge on any atom is 0.227 e. The van der Waals surface area contributed by atoms with Crippen molar-refractivity contribution in [3.8, 4) is 44.8 Å². The average molecular weight is 888 g/mol. The highest BCUT2D eigenvalue weighted by atomic mass is 16.3. The van der Waals surface area contributed by atoms with Crippen LogP contribution in [0, 0.1) is 0 Å². The first-order chi connectivity index (χ1) is 33.9. The van der Waals surface area contributed by atoms with Crippen LogP contribution in [0.2, 0.25) is 0 Å². The normalized spacial score (nSPS) is 12.6. The molecular weight excluding hydrogens is 843 g/mol. The summed E-state index contributed by atoms with van der Waals surface area (Å²) in [6.07, 6.45) is 0. The minimum Gasteiger partial charge on any atom is -0.456 e. The molecule has 0 spiro atoms. The molecule has 0 saturated carbocycles. The summed E-state index contributed by atoms with van der Waals surface area (Å²) in [6.45, 7) is 4.73. The molecule has 328 valence electrons. The van der Waals surface area contributed by atoms with E-state index < -0.39 is 0 Å². The van der Waals surface area contributed by atoms with E-state index >= 15 is 0 Å². The Morgan fingerprint density at radius 1 is 0.333 bits per heavy atom. The number of anilines is 6. The van der Waals surface area contributed by atoms with Gasteiger partial charge in [-0.1, -0.05) is 141 Å². The van der Waals surface area contributed by atoms with E-state index in [1.807, 2.05) is 36.4 Å². The summed E-state index contributed by atoms with van der Waals surface area (Å²) >= 11 is 0. The topological polar surface area (TPSA) is 45.7 Å². The van der Waals surface area contributed by atoms with Gasteiger partial charge in [-0.2, -0.15) is 0 Å². The van der Waals surface area contributed by atoms with E-state index in [0.717, 1.165) is 72.7 Å². The first-order valence-electron chi connectivity index (χ1n) is 23.5. The highest BCUT2D eigenvalue weighted by Crippen LogP contribution is 2.53. The van der Waals surface area contributed by atoms with Gasteiger partial charge < -0.3 is 18.6 Å². The third-order valence-electron chi connectivity index (χ3n) is 13.9. The van der Waals surface area contributed by atoms with Crippen LogP contribution in [0.25, 0.3) is 77.9 Å². The van der Waals surface area contributed by atoms with Crippen molar-refractivity contribution < 1.29 is 8.83 Å². The van der Waals surface area contributed by atoms with Crippen LogP contribution in [0.4, 0.5) is 34.1 Å². The Balaban J connectivity index is 0.902. The number of fused-ring (bicyclic) bond motifs is 7. The molecule has 69 heavy (non-hydrogen) atoms. The number of hydrogen-bond donors (Lipinski definition) is 0. The van der Waals surface area contributed by atoms with E-state index in [-0.39, 0.29) is 5.41 Å². The lowest BCUT2D eigenvalue weighted by Gasteiger charge is -2.29. The van der Waals surface area contributed by atoms with Gasteiger partial charge in [0.1, 0.15) is 16.7 Å². The Morgan fingerprint density at radius 2 is 0.754 bits per heavy atom. The molecule has 1 aliphatic rings. The van der Waals surface area contributed by atoms with Crippen molar-refractivity contribution in [2.24, 2.45) is 0 Å². The second-order valence-corrected chi connectivity index (χ2v) is 18.4. The summed E-state index contributed by atoms with van der Waals surface area (Å²) in [5.74, 6) is 0.601. The summed E-state index contributed by atoms with van der Waals surface area (Å²) < 4.78 is 12.5. The number of hydrogen-bond acceptors (Lipinski definition) is 5. The summed E-state index contributed by atoms with van der Waals surface area (Å²) in [6, 6.07) is 84.2. The van der Waals surface area contributed by atoms with Crippen molar-refractivity contribution in [2.45, 2.75) is 19.3 Å². The molecule has 12 aromatic rings. The molecule has 10 aromatic carbocycles. The fourth-order valence-corrected chi connectivity index (χ4v) is 10.4. The molecule has 5 heteroatoms. The molecule has 13 rings (SSSR count). The SMILES string of the molecule is CC1(C)c2cc(N(c3ccc(-c4ccccc4)cc3)c3ccc(-c4ccccc4)cc3)ccc2-c2ccc(N(c3ccc(-c4nc5ccccc5o4)cc3)c3ccc4oc5ccccc5c4c3)cc21. The van der Waals surface area contributed by atoms with Gasteiger partial charge in [0.15, 0.2) is 5.58 Å². The van der Waals surface area contributed by atoms with Crippen LogP contribution in [-0.4, -0.2) is 4.98 Å². The van der Waals surface area contributed by atoms with Crippen molar-refractivity contribution in [3.05, 3.63) is 248 Å². The van der Waals surface area contributed by atoms with Crippen molar-refractivity contribution in [2.75, 3.05) is 9.80 Å². The van der Waals surface area contributed by atoms with Crippen molar-refractivity contribution >= 4 is 67.2 Å². The molecule has 0 radical (unpaired) electrons. The van der Waals surface area contributed by atoms with Crippen LogP contribution in [0.5, 0.6) is 0 Å². The number of rotatable bonds is 9. The van der Waals surface area contributed by atoms with Gasteiger partial charge in [-0.3, -0.25) is 0 Å². The smallest absolute Gasteiger partial charge is 0.227 e. The van der Waals surface area contributed by atoms with Gasteiger partial charge in [-0.15, -0.1) is 0 Å². The summed E-state index contributed by atoms with van der Waals surface area (Å²) in [5.41, 5.74) is 20.2. The quantitative estimate of drug-likeness (QED) is 0.144. The monoisotopic (exact) mass is 887 g/mol. The molecule has 2 aromatic heterocycles. The summed E-state index contributed by atoms with van der Waals surface area (Å²) in [5, 5.41) is 2.17. The van der Waals surface area contributed by atoms with Crippen LogP contribution >= 0.6 is 0 Å². The molecule has 0 saturated heterocycles. The number of para-hydroxylation sites is 3. The highest BCUT2D eigenvalue weighted by Gasteiger charge is 2.37. The molecule has 0 unspecified atom stereocenters. The van der Waals surface area contributed by atoms with Crippen molar-refractivity contribution in [3.63, 3.8) is 0 Å². The van der Waals surface area contributed by atoms with E-state index in [0.29, 0.717) is 5.89 Å². The van der Waals surface area contributed by atoms with Crippen LogP contribution < -0.4 is 9.80 Å². The van der Waals surface area contributed by atoms with E-state index in [2.05, 4.69) is 224 Å². The lowest BCUT2D eigenvalue weighted by molar-refractivity contribution is 0.620. The van der Waals surface area contributed by atoms with Gasteiger partial charge in [0.2, 0.25) is 5.89 Å².